The van der Waals surface area contributed by atoms with Crippen LogP contribution < -0.4 is 24.4 Å². The number of ether oxygens (including phenoxy) is 3. The lowest BCUT2D eigenvalue weighted by Gasteiger charge is -2.36. The molecule has 0 atom stereocenters. The SMILES string of the molecule is CCOc1ccccc1N1CCN(C(=O)NCc2ccc(OC)c(OC)c2)CC1. The van der Waals surface area contributed by atoms with Gasteiger partial charge in [0, 0.05) is 32.7 Å². The van der Waals surface area contributed by atoms with Crippen LogP contribution in [0.2, 0.25) is 0 Å². The summed E-state index contributed by atoms with van der Waals surface area (Å²) in [5.41, 5.74) is 2.04. The molecule has 0 bridgehead atoms. The molecule has 29 heavy (non-hydrogen) atoms. The summed E-state index contributed by atoms with van der Waals surface area (Å²) in [5.74, 6) is 2.22. The van der Waals surface area contributed by atoms with E-state index >= 15 is 0 Å². The summed E-state index contributed by atoms with van der Waals surface area (Å²) < 4.78 is 16.3. The van der Waals surface area contributed by atoms with E-state index in [-0.39, 0.29) is 6.03 Å². The summed E-state index contributed by atoms with van der Waals surface area (Å²) in [4.78, 5) is 16.7. The molecular weight excluding hydrogens is 370 g/mol. The Morgan fingerprint density at radius 3 is 2.38 bits per heavy atom. The van der Waals surface area contributed by atoms with Crippen LogP contribution in [0.5, 0.6) is 17.2 Å². The molecule has 1 N–H and O–H groups in total. The fraction of sp³-hybridized carbons (Fsp3) is 0.409. The van der Waals surface area contributed by atoms with Crippen molar-refractivity contribution in [3.8, 4) is 17.2 Å². The van der Waals surface area contributed by atoms with E-state index in [1.807, 2.05) is 48.2 Å². The molecule has 0 saturated carbocycles. The number of carbonyl (C=O) groups is 1. The maximum atomic E-state index is 12.6. The highest BCUT2D eigenvalue weighted by Crippen LogP contribution is 2.29. The number of anilines is 1. The zero-order valence-corrected chi connectivity index (χ0v) is 17.3. The smallest absolute Gasteiger partial charge is 0.317 e. The highest BCUT2D eigenvalue weighted by Gasteiger charge is 2.22. The standard InChI is InChI=1S/C22H29N3O4/c1-4-29-19-8-6-5-7-18(19)24-11-13-25(14-12-24)22(26)23-16-17-9-10-20(27-2)21(15-17)28-3/h5-10,15H,4,11-14,16H2,1-3H3,(H,23,26). The first-order valence-electron chi connectivity index (χ1n) is 9.86. The van der Waals surface area contributed by atoms with Crippen LogP contribution >= 0.6 is 0 Å². The summed E-state index contributed by atoms with van der Waals surface area (Å²) in [6, 6.07) is 13.6. The minimum absolute atomic E-state index is 0.0578. The predicted molar refractivity (Wildman–Crippen MR) is 113 cm³/mol. The highest BCUT2D eigenvalue weighted by molar-refractivity contribution is 5.74. The number of piperazine rings is 1. The van der Waals surface area contributed by atoms with Gasteiger partial charge in [-0.05, 0) is 36.8 Å². The first-order chi connectivity index (χ1) is 14.2. The number of urea groups is 1. The lowest BCUT2D eigenvalue weighted by atomic mass is 10.2. The third-order valence-corrected chi connectivity index (χ3v) is 4.96. The second-order valence-electron chi connectivity index (χ2n) is 6.72. The molecule has 1 fully saturated rings. The molecule has 2 aromatic carbocycles. The van der Waals surface area contributed by atoms with Gasteiger partial charge in [0.25, 0.3) is 0 Å². The molecule has 2 amide bonds. The van der Waals surface area contributed by atoms with Crippen molar-refractivity contribution in [2.75, 3.05) is 51.9 Å². The molecule has 1 saturated heterocycles. The van der Waals surface area contributed by atoms with E-state index in [0.717, 1.165) is 30.1 Å². The van der Waals surface area contributed by atoms with Crippen molar-refractivity contribution >= 4 is 11.7 Å². The number of nitrogens with one attached hydrogen (secondary N) is 1. The zero-order valence-electron chi connectivity index (χ0n) is 17.3. The van der Waals surface area contributed by atoms with Crippen LogP contribution in [0, 0.1) is 0 Å². The van der Waals surface area contributed by atoms with Crippen molar-refractivity contribution in [3.05, 3.63) is 48.0 Å². The number of methoxy groups -OCH3 is 2. The van der Waals surface area contributed by atoms with Gasteiger partial charge in [-0.15, -0.1) is 0 Å². The molecule has 0 aliphatic carbocycles. The Morgan fingerprint density at radius 1 is 0.966 bits per heavy atom. The summed E-state index contributed by atoms with van der Waals surface area (Å²) in [6.07, 6.45) is 0. The normalized spacial score (nSPS) is 13.8. The average molecular weight is 399 g/mol. The Hall–Kier alpha value is -3.09. The summed E-state index contributed by atoms with van der Waals surface area (Å²) in [5, 5.41) is 2.99. The van der Waals surface area contributed by atoms with Crippen molar-refractivity contribution in [3.63, 3.8) is 0 Å². The van der Waals surface area contributed by atoms with Crippen molar-refractivity contribution in [1.82, 2.24) is 10.2 Å². The fourth-order valence-corrected chi connectivity index (χ4v) is 3.43. The molecule has 156 valence electrons. The van der Waals surface area contributed by atoms with Gasteiger partial charge >= 0.3 is 6.03 Å². The van der Waals surface area contributed by atoms with Crippen molar-refractivity contribution in [2.24, 2.45) is 0 Å². The molecule has 0 spiro atoms. The number of carbonyl (C=O) groups excluding carboxylic acids is 1. The van der Waals surface area contributed by atoms with E-state index < -0.39 is 0 Å². The van der Waals surface area contributed by atoms with Crippen LogP contribution in [0.4, 0.5) is 10.5 Å². The third kappa shape index (κ3) is 5.04. The Balaban J connectivity index is 1.53. The molecule has 0 aromatic heterocycles. The van der Waals surface area contributed by atoms with Gasteiger partial charge in [-0.2, -0.15) is 0 Å². The van der Waals surface area contributed by atoms with Crippen LogP contribution in [0.3, 0.4) is 0 Å². The first kappa shape index (κ1) is 20.6. The van der Waals surface area contributed by atoms with Gasteiger partial charge in [0.15, 0.2) is 11.5 Å². The van der Waals surface area contributed by atoms with Gasteiger partial charge in [-0.25, -0.2) is 4.79 Å². The number of para-hydroxylation sites is 2. The van der Waals surface area contributed by atoms with Crippen molar-refractivity contribution in [2.45, 2.75) is 13.5 Å². The topological polar surface area (TPSA) is 63.3 Å². The predicted octanol–water partition coefficient (Wildman–Crippen LogP) is 3.13. The van der Waals surface area contributed by atoms with Crippen LogP contribution in [-0.4, -0.2) is 57.9 Å². The monoisotopic (exact) mass is 399 g/mol. The van der Waals surface area contributed by atoms with E-state index in [9.17, 15) is 4.79 Å². The van der Waals surface area contributed by atoms with Gasteiger partial charge in [-0.1, -0.05) is 18.2 Å². The molecule has 0 radical (unpaired) electrons. The van der Waals surface area contributed by atoms with E-state index in [4.69, 9.17) is 14.2 Å². The zero-order chi connectivity index (χ0) is 20.6. The largest absolute Gasteiger partial charge is 0.493 e. The molecular formula is C22H29N3O4. The lowest BCUT2D eigenvalue weighted by molar-refractivity contribution is 0.193. The molecule has 1 aliphatic heterocycles. The average Bonchev–Trinajstić information content (AvgIpc) is 2.78. The second-order valence-corrected chi connectivity index (χ2v) is 6.72. The van der Waals surface area contributed by atoms with Gasteiger partial charge in [0.2, 0.25) is 0 Å². The molecule has 3 rings (SSSR count). The van der Waals surface area contributed by atoms with Gasteiger partial charge < -0.3 is 29.3 Å². The Kier molecular flexibility index (Phi) is 7.05. The maximum Gasteiger partial charge on any atom is 0.317 e. The number of benzene rings is 2. The summed E-state index contributed by atoms with van der Waals surface area (Å²) in [7, 11) is 3.20. The number of hydrogen-bond acceptors (Lipinski definition) is 5. The quantitative estimate of drug-likeness (QED) is 0.775. The van der Waals surface area contributed by atoms with E-state index in [2.05, 4.69) is 16.3 Å². The Labute approximate surface area is 172 Å². The van der Waals surface area contributed by atoms with Crippen molar-refractivity contribution < 1.29 is 19.0 Å². The molecule has 1 aliphatic rings. The van der Waals surface area contributed by atoms with Crippen molar-refractivity contribution in [1.29, 1.82) is 0 Å². The van der Waals surface area contributed by atoms with Crippen LogP contribution in [-0.2, 0) is 6.54 Å². The van der Waals surface area contributed by atoms with E-state index in [1.54, 1.807) is 14.2 Å². The Bertz CT molecular complexity index is 819. The summed E-state index contributed by atoms with van der Waals surface area (Å²) >= 11 is 0. The molecule has 0 unspecified atom stereocenters. The molecule has 1 heterocycles. The van der Waals surface area contributed by atoms with E-state index in [0.29, 0.717) is 37.7 Å². The minimum Gasteiger partial charge on any atom is -0.493 e. The molecule has 7 nitrogen and oxygen atoms in total. The lowest BCUT2D eigenvalue weighted by Crippen LogP contribution is -2.51. The van der Waals surface area contributed by atoms with Gasteiger partial charge in [0.05, 0.1) is 26.5 Å². The number of rotatable bonds is 7. The van der Waals surface area contributed by atoms with Crippen LogP contribution in [0.1, 0.15) is 12.5 Å². The van der Waals surface area contributed by atoms with E-state index in [1.165, 1.54) is 0 Å². The number of amides is 2. The van der Waals surface area contributed by atoms with Gasteiger partial charge in [-0.3, -0.25) is 0 Å². The molecule has 2 aromatic rings. The van der Waals surface area contributed by atoms with Gasteiger partial charge in [0.1, 0.15) is 5.75 Å². The highest BCUT2D eigenvalue weighted by atomic mass is 16.5. The second kappa shape index (κ2) is 9.91. The van der Waals surface area contributed by atoms with Crippen LogP contribution in [0.15, 0.2) is 42.5 Å². The first-order valence-corrected chi connectivity index (χ1v) is 9.86. The maximum absolute atomic E-state index is 12.6. The number of nitrogens with zero attached hydrogens (tertiary/aromatic N) is 2. The third-order valence-electron chi connectivity index (χ3n) is 4.96. The van der Waals surface area contributed by atoms with Crippen LogP contribution in [0.25, 0.3) is 0 Å². The fourth-order valence-electron chi connectivity index (χ4n) is 3.43. The minimum atomic E-state index is -0.0578. The number of hydrogen-bond donors (Lipinski definition) is 1. The molecule has 7 heteroatoms. The Morgan fingerprint density at radius 2 is 1.69 bits per heavy atom. The summed E-state index contributed by atoms with van der Waals surface area (Å²) in [6.45, 7) is 5.93.